The summed E-state index contributed by atoms with van der Waals surface area (Å²) < 4.78 is 31.0. The van der Waals surface area contributed by atoms with E-state index < -0.39 is 10.0 Å². The number of benzene rings is 1. The Labute approximate surface area is 128 Å². The van der Waals surface area contributed by atoms with Crippen LogP contribution in [-0.4, -0.2) is 45.4 Å². The van der Waals surface area contributed by atoms with Gasteiger partial charge >= 0.3 is 0 Å². The lowest BCUT2D eigenvalue weighted by atomic mass is 10.4. The van der Waals surface area contributed by atoms with Gasteiger partial charge in [-0.15, -0.1) is 11.6 Å². The lowest BCUT2D eigenvalue weighted by molar-refractivity contribution is 0.180. The van der Waals surface area contributed by atoms with Crippen LogP contribution in [0.4, 0.5) is 0 Å². The summed E-state index contributed by atoms with van der Waals surface area (Å²) in [5.74, 6) is 0.192. The van der Waals surface area contributed by atoms with E-state index in [4.69, 9.17) is 39.5 Å². The Kier molecular flexibility index (Phi) is 6.86. The number of ether oxygens (including phenoxy) is 1. The molecule has 0 unspecified atom stereocenters. The minimum Gasteiger partial charge on any atom is -0.383 e. The predicted molar refractivity (Wildman–Crippen MR) is 77.8 cm³/mol. The Bertz CT molecular complexity index is 502. The predicted octanol–water partition coefficient (Wildman–Crippen LogP) is 2.87. The number of sulfonamides is 1. The van der Waals surface area contributed by atoms with E-state index in [1.54, 1.807) is 0 Å². The molecule has 0 saturated carbocycles. The van der Waals surface area contributed by atoms with E-state index in [1.165, 1.54) is 29.6 Å². The highest BCUT2D eigenvalue weighted by molar-refractivity contribution is 7.89. The third-order valence-electron chi connectivity index (χ3n) is 2.35. The molecular weight excluding hydrogens is 333 g/mol. The fourth-order valence-electron chi connectivity index (χ4n) is 1.47. The van der Waals surface area contributed by atoms with Crippen LogP contribution in [0, 0.1) is 0 Å². The van der Waals surface area contributed by atoms with Gasteiger partial charge in [-0.3, -0.25) is 0 Å². The molecule has 0 aliphatic rings. The summed E-state index contributed by atoms with van der Waals surface area (Å²) in [5, 5.41) is 0.535. The molecule has 0 bridgehead atoms. The van der Waals surface area contributed by atoms with Crippen molar-refractivity contribution in [2.45, 2.75) is 4.90 Å². The molecule has 0 heterocycles. The van der Waals surface area contributed by atoms with Gasteiger partial charge in [-0.05, 0) is 18.2 Å². The Balaban J connectivity index is 3.10. The SMILES string of the molecule is COCCN(CCCl)S(=O)(=O)c1cc(Cl)cc(Cl)c1. The molecule has 1 aromatic rings. The fourth-order valence-corrected chi connectivity index (χ4v) is 3.92. The smallest absolute Gasteiger partial charge is 0.243 e. The molecule has 0 amide bonds. The van der Waals surface area contributed by atoms with Gasteiger partial charge < -0.3 is 4.74 Å². The third kappa shape index (κ3) is 4.77. The summed E-state index contributed by atoms with van der Waals surface area (Å²) >= 11 is 17.3. The van der Waals surface area contributed by atoms with E-state index in [0.29, 0.717) is 0 Å². The van der Waals surface area contributed by atoms with Crippen LogP contribution in [0.1, 0.15) is 0 Å². The van der Waals surface area contributed by atoms with Gasteiger partial charge in [-0.2, -0.15) is 4.31 Å². The van der Waals surface area contributed by atoms with Crippen LogP contribution < -0.4 is 0 Å². The van der Waals surface area contributed by atoms with Crippen molar-refractivity contribution in [1.82, 2.24) is 4.31 Å². The number of methoxy groups -OCH3 is 1. The molecule has 0 fully saturated rings. The van der Waals surface area contributed by atoms with Gasteiger partial charge in [0.1, 0.15) is 0 Å². The Morgan fingerprint density at radius 1 is 1.16 bits per heavy atom. The maximum Gasteiger partial charge on any atom is 0.243 e. The van der Waals surface area contributed by atoms with Gasteiger partial charge in [-0.1, -0.05) is 23.2 Å². The van der Waals surface area contributed by atoms with Crippen LogP contribution in [0.15, 0.2) is 23.1 Å². The Morgan fingerprint density at radius 2 is 1.74 bits per heavy atom. The first kappa shape index (κ1) is 17.0. The zero-order chi connectivity index (χ0) is 14.5. The van der Waals surface area contributed by atoms with Crippen LogP contribution in [0.3, 0.4) is 0 Å². The van der Waals surface area contributed by atoms with E-state index in [0.717, 1.165) is 0 Å². The first-order valence-corrected chi connectivity index (χ1v) is 8.16. The van der Waals surface area contributed by atoms with E-state index in [2.05, 4.69) is 0 Å². The zero-order valence-electron chi connectivity index (χ0n) is 10.3. The zero-order valence-corrected chi connectivity index (χ0v) is 13.4. The summed E-state index contributed by atoms with van der Waals surface area (Å²) in [4.78, 5) is 0.0474. The standard InChI is InChI=1S/C11H14Cl3NO3S/c1-18-5-4-15(3-2-12)19(16,17)11-7-9(13)6-10(14)8-11/h6-8H,2-5H2,1H3. The summed E-state index contributed by atoms with van der Waals surface area (Å²) in [7, 11) is -2.18. The molecule has 8 heteroatoms. The molecule has 108 valence electrons. The molecule has 0 N–H and O–H groups in total. The summed E-state index contributed by atoms with van der Waals surface area (Å²) in [6.07, 6.45) is 0. The Hall–Kier alpha value is -0.0400. The maximum absolute atomic E-state index is 12.4. The summed E-state index contributed by atoms with van der Waals surface area (Å²) in [5.41, 5.74) is 0. The molecule has 1 aromatic carbocycles. The van der Waals surface area contributed by atoms with Crippen molar-refractivity contribution in [3.8, 4) is 0 Å². The molecule has 4 nitrogen and oxygen atoms in total. The van der Waals surface area contributed by atoms with Crippen LogP contribution in [0.2, 0.25) is 10.0 Å². The summed E-state index contributed by atoms with van der Waals surface area (Å²) in [6, 6.07) is 4.19. The highest BCUT2D eigenvalue weighted by Gasteiger charge is 2.24. The van der Waals surface area contributed by atoms with Gasteiger partial charge in [0.05, 0.1) is 11.5 Å². The van der Waals surface area contributed by atoms with Gasteiger partial charge in [0.2, 0.25) is 10.0 Å². The number of halogens is 3. The molecule has 0 aromatic heterocycles. The monoisotopic (exact) mass is 345 g/mol. The lowest BCUT2D eigenvalue weighted by Crippen LogP contribution is -2.35. The topological polar surface area (TPSA) is 46.6 Å². The van der Waals surface area contributed by atoms with Crippen LogP contribution in [0.5, 0.6) is 0 Å². The molecule has 0 saturated heterocycles. The molecular formula is C11H14Cl3NO3S. The van der Waals surface area contributed by atoms with E-state index in [9.17, 15) is 8.42 Å². The van der Waals surface area contributed by atoms with Crippen LogP contribution in [0.25, 0.3) is 0 Å². The first-order valence-electron chi connectivity index (χ1n) is 5.43. The average molecular weight is 347 g/mol. The molecule has 1 rings (SSSR count). The van der Waals surface area contributed by atoms with Crippen LogP contribution in [-0.2, 0) is 14.8 Å². The van der Waals surface area contributed by atoms with Crippen LogP contribution >= 0.6 is 34.8 Å². The number of alkyl halides is 1. The fraction of sp³-hybridized carbons (Fsp3) is 0.455. The second kappa shape index (κ2) is 7.67. The van der Waals surface area contributed by atoms with Gasteiger partial charge in [0.15, 0.2) is 0 Å². The average Bonchev–Trinajstić information content (AvgIpc) is 2.33. The molecule has 0 aliphatic carbocycles. The van der Waals surface area contributed by atoms with E-state index >= 15 is 0 Å². The second-order valence-corrected chi connectivity index (χ2v) is 6.88. The largest absolute Gasteiger partial charge is 0.383 e. The highest BCUT2D eigenvalue weighted by Crippen LogP contribution is 2.24. The van der Waals surface area contributed by atoms with Crippen molar-refractivity contribution in [2.24, 2.45) is 0 Å². The van der Waals surface area contributed by atoms with Crippen molar-refractivity contribution in [3.05, 3.63) is 28.2 Å². The molecule has 0 radical (unpaired) electrons. The van der Waals surface area contributed by atoms with Crippen molar-refractivity contribution in [3.63, 3.8) is 0 Å². The summed E-state index contributed by atoms with van der Waals surface area (Å²) in [6.45, 7) is 0.692. The van der Waals surface area contributed by atoms with E-state index in [1.807, 2.05) is 0 Å². The second-order valence-electron chi connectivity index (χ2n) is 3.69. The number of hydrogen-bond acceptors (Lipinski definition) is 3. The Morgan fingerprint density at radius 3 is 2.21 bits per heavy atom. The lowest BCUT2D eigenvalue weighted by Gasteiger charge is -2.21. The minimum atomic E-state index is -3.68. The van der Waals surface area contributed by atoms with Crippen molar-refractivity contribution >= 4 is 44.8 Å². The minimum absolute atomic E-state index is 0.0474. The third-order valence-corrected chi connectivity index (χ3v) is 4.83. The first-order chi connectivity index (χ1) is 8.91. The van der Waals surface area contributed by atoms with Crippen molar-refractivity contribution < 1.29 is 13.2 Å². The van der Waals surface area contributed by atoms with Gasteiger partial charge in [0, 0.05) is 36.1 Å². The highest BCUT2D eigenvalue weighted by atomic mass is 35.5. The van der Waals surface area contributed by atoms with E-state index in [-0.39, 0.29) is 40.5 Å². The number of hydrogen-bond donors (Lipinski definition) is 0. The molecule has 0 atom stereocenters. The quantitative estimate of drug-likeness (QED) is 0.713. The number of rotatable bonds is 7. The maximum atomic E-state index is 12.4. The van der Waals surface area contributed by atoms with Gasteiger partial charge in [0.25, 0.3) is 0 Å². The molecule has 0 aliphatic heterocycles. The normalized spacial score (nSPS) is 12.1. The van der Waals surface area contributed by atoms with Gasteiger partial charge in [-0.25, -0.2) is 8.42 Å². The molecule has 0 spiro atoms. The molecule has 19 heavy (non-hydrogen) atoms. The van der Waals surface area contributed by atoms with Crippen molar-refractivity contribution in [1.29, 1.82) is 0 Å². The number of nitrogens with zero attached hydrogens (tertiary/aromatic N) is 1. The van der Waals surface area contributed by atoms with Crippen molar-refractivity contribution in [2.75, 3.05) is 32.7 Å².